The van der Waals surface area contributed by atoms with Crippen molar-refractivity contribution in [1.29, 1.82) is 0 Å². The molecule has 18 heavy (non-hydrogen) atoms. The van der Waals surface area contributed by atoms with E-state index < -0.39 is 23.0 Å². The van der Waals surface area contributed by atoms with E-state index in [1.54, 1.807) is 0 Å². The topological polar surface area (TPSA) is 22.0 Å². The number of halogens is 6. The van der Waals surface area contributed by atoms with Crippen molar-refractivity contribution >= 4 is 17.5 Å². The van der Waals surface area contributed by atoms with Crippen molar-refractivity contribution in [2.24, 2.45) is 0 Å². The Labute approximate surface area is 102 Å². The average molecular weight is 291 g/mol. The van der Waals surface area contributed by atoms with Crippen molar-refractivity contribution in [3.8, 4) is 0 Å². The van der Waals surface area contributed by atoms with Gasteiger partial charge in [0, 0.05) is 30.3 Å². The second kappa shape index (κ2) is 5.25. The Morgan fingerprint density at radius 1 is 1.22 bits per heavy atom. The quantitative estimate of drug-likeness (QED) is 0.626. The van der Waals surface area contributed by atoms with Crippen LogP contribution in [0.15, 0.2) is 18.5 Å². The minimum absolute atomic E-state index is 0.130. The van der Waals surface area contributed by atoms with E-state index in [0.717, 1.165) is 23.0 Å². The van der Waals surface area contributed by atoms with E-state index in [4.69, 9.17) is 0 Å². The molecule has 0 saturated carbocycles. The fourth-order valence-electron chi connectivity index (χ4n) is 1.14. The Bertz CT molecular complexity index is 421. The third-order valence-corrected chi connectivity index (χ3v) is 2.60. The lowest BCUT2D eigenvalue weighted by atomic mass is 10.2. The van der Waals surface area contributed by atoms with Gasteiger partial charge < -0.3 is 4.57 Å². The van der Waals surface area contributed by atoms with Crippen LogP contribution in [-0.4, -0.2) is 27.8 Å². The highest BCUT2D eigenvalue weighted by molar-refractivity contribution is 8.00. The van der Waals surface area contributed by atoms with Crippen molar-refractivity contribution in [2.45, 2.75) is 18.2 Å². The Kier molecular flexibility index (Phi) is 4.36. The molecule has 1 aromatic heterocycles. The van der Waals surface area contributed by atoms with Crippen LogP contribution in [0.25, 0.3) is 0 Å². The van der Waals surface area contributed by atoms with Crippen LogP contribution in [0.3, 0.4) is 0 Å². The van der Waals surface area contributed by atoms with Gasteiger partial charge in [0.05, 0.1) is 0 Å². The molecule has 0 bridgehead atoms. The van der Waals surface area contributed by atoms with Crippen molar-refractivity contribution in [3.63, 3.8) is 0 Å². The standard InChI is InChI=1S/C9H7F6NOS/c10-8(11,12)7(17)6-1-2-16(5-6)3-4-18-9(13,14)15/h1-2,5H,3-4H2. The van der Waals surface area contributed by atoms with Crippen molar-refractivity contribution < 1.29 is 31.1 Å². The van der Waals surface area contributed by atoms with E-state index in [1.807, 2.05) is 0 Å². The Balaban J connectivity index is 2.57. The van der Waals surface area contributed by atoms with Gasteiger partial charge in [-0.3, -0.25) is 4.79 Å². The van der Waals surface area contributed by atoms with Gasteiger partial charge in [0.2, 0.25) is 0 Å². The van der Waals surface area contributed by atoms with Crippen LogP contribution in [0.5, 0.6) is 0 Å². The second-order valence-electron chi connectivity index (χ2n) is 3.26. The minimum atomic E-state index is -4.98. The zero-order valence-corrected chi connectivity index (χ0v) is 9.49. The smallest absolute Gasteiger partial charge is 0.353 e. The van der Waals surface area contributed by atoms with Gasteiger partial charge in [0.25, 0.3) is 5.78 Å². The summed E-state index contributed by atoms with van der Waals surface area (Å²) in [6.07, 6.45) is -2.96. The van der Waals surface area contributed by atoms with E-state index in [2.05, 4.69) is 0 Å². The lowest BCUT2D eigenvalue weighted by Gasteiger charge is -2.06. The van der Waals surface area contributed by atoms with Crippen LogP contribution in [-0.2, 0) is 6.54 Å². The molecule has 0 aliphatic rings. The summed E-state index contributed by atoms with van der Waals surface area (Å²) in [7, 11) is 0. The van der Waals surface area contributed by atoms with Crippen LogP contribution in [0, 0.1) is 0 Å². The van der Waals surface area contributed by atoms with Crippen LogP contribution in [0.1, 0.15) is 10.4 Å². The molecule has 0 fully saturated rings. The minimum Gasteiger partial charge on any atom is -0.353 e. The van der Waals surface area contributed by atoms with Crippen molar-refractivity contribution in [2.75, 3.05) is 5.75 Å². The number of aromatic nitrogens is 1. The molecule has 0 saturated heterocycles. The molecule has 0 aliphatic carbocycles. The molecule has 0 amide bonds. The van der Waals surface area contributed by atoms with Crippen LogP contribution in [0.4, 0.5) is 26.3 Å². The maximum absolute atomic E-state index is 12.0. The third-order valence-electron chi connectivity index (χ3n) is 1.89. The Morgan fingerprint density at radius 3 is 2.33 bits per heavy atom. The number of aryl methyl sites for hydroxylation is 1. The van der Waals surface area contributed by atoms with E-state index >= 15 is 0 Å². The number of carbonyl (C=O) groups excluding carboxylic acids is 1. The third kappa shape index (κ3) is 4.63. The van der Waals surface area contributed by atoms with Crippen LogP contribution < -0.4 is 0 Å². The van der Waals surface area contributed by atoms with Gasteiger partial charge >= 0.3 is 11.7 Å². The molecule has 102 valence electrons. The highest BCUT2D eigenvalue weighted by Gasteiger charge is 2.39. The molecular formula is C9H7F6NOS. The summed E-state index contributed by atoms with van der Waals surface area (Å²) in [6.45, 7) is -0.130. The molecule has 1 aromatic rings. The zero-order valence-electron chi connectivity index (χ0n) is 8.68. The zero-order chi connectivity index (χ0) is 14.0. The molecule has 0 unspecified atom stereocenters. The molecule has 1 rings (SSSR count). The summed E-state index contributed by atoms with van der Waals surface area (Å²) < 4.78 is 72.6. The lowest BCUT2D eigenvalue weighted by Crippen LogP contribution is -2.22. The first-order valence-electron chi connectivity index (χ1n) is 4.57. The van der Waals surface area contributed by atoms with E-state index in [9.17, 15) is 31.1 Å². The van der Waals surface area contributed by atoms with Gasteiger partial charge in [-0.15, -0.1) is 0 Å². The molecule has 2 nitrogen and oxygen atoms in total. The number of hydrogen-bond acceptors (Lipinski definition) is 2. The molecule has 0 N–H and O–H groups in total. The lowest BCUT2D eigenvalue weighted by molar-refractivity contribution is -0.0885. The highest BCUT2D eigenvalue weighted by Crippen LogP contribution is 2.30. The van der Waals surface area contributed by atoms with Crippen molar-refractivity contribution in [3.05, 3.63) is 24.0 Å². The summed E-state index contributed by atoms with van der Waals surface area (Å²) in [6, 6.07) is 0.925. The normalized spacial score (nSPS) is 12.8. The van der Waals surface area contributed by atoms with Gasteiger partial charge in [0.1, 0.15) is 0 Å². The Hall–Kier alpha value is -1.12. The first kappa shape index (κ1) is 14.9. The second-order valence-corrected chi connectivity index (χ2v) is 4.42. The number of Topliss-reactive ketones (excluding diaryl/α,β-unsaturated/α-hetero) is 1. The van der Waals surface area contributed by atoms with E-state index in [-0.39, 0.29) is 24.1 Å². The maximum atomic E-state index is 12.0. The predicted octanol–water partition coefficient (Wildman–Crippen LogP) is 3.49. The van der Waals surface area contributed by atoms with Gasteiger partial charge in [-0.25, -0.2) is 0 Å². The fourth-order valence-corrected chi connectivity index (χ4v) is 1.68. The number of nitrogens with zero attached hydrogens (tertiary/aromatic N) is 1. The first-order chi connectivity index (χ1) is 8.09. The van der Waals surface area contributed by atoms with E-state index in [1.165, 1.54) is 0 Å². The molecule has 0 aliphatic heterocycles. The largest absolute Gasteiger partial charge is 0.454 e. The molecule has 0 spiro atoms. The summed E-state index contributed by atoms with van der Waals surface area (Å²) >= 11 is -0.276. The van der Waals surface area contributed by atoms with Gasteiger partial charge in [-0.05, 0) is 17.8 Å². The average Bonchev–Trinajstić information content (AvgIpc) is 2.61. The van der Waals surface area contributed by atoms with E-state index in [0.29, 0.717) is 0 Å². The molecule has 0 atom stereocenters. The predicted molar refractivity (Wildman–Crippen MR) is 53.3 cm³/mol. The molecular weight excluding hydrogens is 284 g/mol. The van der Waals surface area contributed by atoms with Crippen molar-refractivity contribution in [1.82, 2.24) is 4.57 Å². The molecule has 0 aromatic carbocycles. The number of hydrogen-bond donors (Lipinski definition) is 0. The monoisotopic (exact) mass is 291 g/mol. The number of thioether (sulfide) groups is 1. The summed E-state index contributed by atoms with van der Waals surface area (Å²) in [5.41, 5.74) is -4.96. The summed E-state index contributed by atoms with van der Waals surface area (Å²) in [5.74, 6) is -2.35. The number of rotatable bonds is 4. The van der Waals surface area contributed by atoms with Gasteiger partial charge in [0.15, 0.2) is 0 Å². The SMILES string of the molecule is O=C(c1ccn(CCSC(F)(F)F)c1)C(F)(F)F. The van der Waals surface area contributed by atoms with Crippen LogP contribution in [0.2, 0.25) is 0 Å². The van der Waals surface area contributed by atoms with Gasteiger partial charge in [-0.1, -0.05) is 0 Å². The highest BCUT2D eigenvalue weighted by atomic mass is 32.2. The fraction of sp³-hybridized carbons (Fsp3) is 0.444. The number of carbonyl (C=O) groups is 1. The maximum Gasteiger partial charge on any atom is 0.454 e. The summed E-state index contributed by atoms with van der Waals surface area (Å²) in [5, 5.41) is 0. The summed E-state index contributed by atoms with van der Waals surface area (Å²) in [4.78, 5) is 10.8. The molecule has 1 heterocycles. The molecule has 0 radical (unpaired) electrons. The number of ketones is 1. The first-order valence-corrected chi connectivity index (χ1v) is 5.56. The van der Waals surface area contributed by atoms with Crippen LogP contribution >= 0.6 is 11.8 Å². The van der Waals surface area contributed by atoms with Gasteiger partial charge in [-0.2, -0.15) is 26.3 Å². The number of alkyl halides is 6. The molecule has 9 heteroatoms. The Morgan fingerprint density at radius 2 is 1.83 bits per heavy atom.